The number of carboxylic acid groups (broad SMARTS) is 1. The second-order valence-electron chi connectivity index (χ2n) is 8.75. The van der Waals surface area contributed by atoms with Crippen LogP contribution in [0.15, 0.2) is 89.8 Å². The third-order valence-electron chi connectivity index (χ3n) is 6.61. The lowest BCUT2D eigenvalue weighted by molar-refractivity contribution is -0.151. The molecule has 1 aliphatic rings. The minimum Gasteiger partial charge on any atom is -0.495 e. The molecule has 7 nitrogen and oxygen atoms in total. The van der Waals surface area contributed by atoms with E-state index in [4.69, 9.17) is 4.74 Å². The van der Waals surface area contributed by atoms with Crippen molar-refractivity contribution in [2.45, 2.75) is 36.4 Å². The molecular weight excluding hydrogens is 464 g/mol. The summed E-state index contributed by atoms with van der Waals surface area (Å²) in [4.78, 5) is 15.0. The van der Waals surface area contributed by atoms with E-state index in [1.807, 2.05) is 60.7 Å². The molecule has 0 spiro atoms. The van der Waals surface area contributed by atoms with E-state index in [0.717, 1.165) is 11.1 Å². The summed E-state index contributed by atoms with van der Waals surface area (Å²) in [5, 5.41) is 10.5. The normalized spacial score (nSPS) is 16.2. The Hall–Kier alpha value is -3.20. The Morgan fingerprint density at radius 1 is 0.914 bits per heavy atom. The van der Waals surface area contributed by atoms with Crippen LogP contribution in [0.25, 0.3) is 0 Å². The summed E-state index contributed by atoms with van der Waals surface area (Å²) in [5.41, 5.74) is 0.277. The van der Waals surface area contributed by atoms with Gasteiger partial charge >= 0.3 is 5.97 Å². The van der Waals surface area contributed by atoms with Crippen molar-refractivity contribution in [3.8, 4) is 5.75 Å². The van der Waals surface area contributed by atoms with E-state index < -0.39 is 21.5 Å². The van der Waals surface area contributed by atoms with E-state index in [2.05, 4.69) is 4.90 Å². The SMILES string of the molecule is COc1ccccc1S(=O)(=O)N(Cc1ccccc1)C1(C(=O)O)CCN(Cc2ccccc2)CC1. The Kier molecular flexibility index (Phi) is 7.54. The van der Waals surface area contributed by atoms with Gasteiger partial charge in [0.1, 0.15) is 16.2 Å². The van der Waals surface area contributed by atoms with Gasteiger partial charge in [-0.05, 0) is 36.1 Å². The molecule has 1 heterocycles. The second-order valence-corrected chi connectivity index (χ2v) is 10.6. The number of piperidine rings is 1. The second kappa shape index (κ2) is 10.6. The largest absolute Gasteiger partial charge is 0.495 e. The Labute approximate surface area is 206 Å². The smallest absolute Gasteiger partial charge is 0.325 e. The van der Waals surface area contributed by atoms with Gasteiger partial charge in [0.2, 0.25) is 10.0 Å². The summed E-state index contributed by atoms with van der Waals surface area (Å²) in [5.74, 6) is -0.945. The van der Waals surface area contributed by atoms with Gasteiger partial charge in [0.25, 0.3) is 0 Å². The number of hydrogen-bond acceptors (Lipinski definition) is 5. The van der Waals surface area contributed by atoms with Gasteiger partial charge in [0.05, 0.1) is 7.11 Å². The fourth-order valence-electron chi connectivity index (χ4n) is 4.66. The molecule has 8 heteroatoms. The monoisotopic (exact) mass is 494 g/mol. The Bertz CT molecular complexity index is 1240. The van der Waals surface area contributed by atoms with Crippen LogP contribution in [0.1, 0.15) is 24.0 Å². The number of nitrogens with zero attached hydrogens (tertiary/aromatic N) is 2. The minimum absolute atomic E-state index is 0.0363. The minimum atomic E-state index is -4.21. The van der Waals surface area contributed by atoms with Gasteiger partial charge in [-0.2, -0.15) is 4.31 Å². The molecule has 0 aliphatic carbocycles. The predicted molar refractivity (Wildman–Crippen MR) is 133 cm³/mol. The summed E-state index contributed by atoms with van der Waals surface area (Å²) >= 11 is 0. The third-order valence-corrected chi connectivity index (χ3v) is 8.57. The van der Waals surface area contributed by atoms with Crippen LogP contribution in [-0.2, 0) is 27.9 Å². The molecule has 0 amide bonds. The fraction of sp³-hybridized carbons (Fsp3) is 0.296. The van der Waals surface area contributed by atoms with Gasteiger partial charge in [-0.15, -0.1) is 0 Å². The van der Waals surface area contributed by atoms with Crippen molar-refractivity contribution < 1.29 is 23.1 Å². The van der Waals surface area contributed by atoms with Crippen LogP contribution in [0.5, 0.6) is 5.75 Å². The zero-order chi connectivity index (χ0) is 24.9. The van der Waals surface area contributed by atoms with Gasteiger partial charge in [0, 0.05) is 26.2 Å². The molecule has 35 heavy (non-hydrogen) atoms. The van der Waals surface area contributed by atoms with Crippen molar-refractivity contribution in [2.24, 2.45) is 0 Å². The van der Waals surface area contributed by atoms with Gasteiger partial charge in [0.15, 0.2) is 0 Å². The van der Waals surface area contributed by atoms with Crippen molar-refractivity contribution >= 4 is 16.0 Å². The lowest BCUT2D eigenvalue weighted by atomic mass is 9.87. The van der Waals surface area contributed by atoms with Gasteiger partial charge in [-0.1, -0.05) is 72.8 Å². The van der Waals surface area contributed by atoms with E-state index >= 15 is 0 Å². The summed E-state index contributed by atoms with van der Waals surface area (Å²) in [6, 6.07) is 25.4. The molecule has 1 saturated heterocycles. The third kappa shape index (κ3) is 5.24. The molecule has 0 radical (unpaired) electrons. The van der Waals surface area contributed by atoms with E-state index in [1.165, 1.54) is 17.5 Å². The van der Waals surface area contributed by atoms with Crippen LogP contribution in [0, 0.1) is 0 Å². The number of carbonyl (C=O) groups is 1. The van der Waals surface area contributed by atoms with E-state index in [-0.39, 0.29) is 30.0 Å². The molecule has 1 aliphatic heterocycles. The van der Waals surface area contributed by atoms with Crippen LogP contribution >= 0.6 is 0 Å². The number of sulfonamides is 1. The molecule has 1 fully saturated rings. The van der Waals surface area contributed by atoms with Crippen LogP contribution in [0.4, 0.5) is 0 Å². The highest BCUT2D eigenvalue weighted by molar-refractivity contribution is 7.89. The van der Waals surface area contributed by atoms with Crippen LogP contribution in [-0.4, -0.2) is 54.4 Å². The van der Waals surface area contributed by atoms with Gasteiger partial charge < -0.3 is 9.84 Å². The maximum atomic E-state index is 14.1. The number of methoxy groups -OCH3 is 1. The molecule has 184 valence electrons. The molecule has 1 N–H and O–H groups in total. The number of rotatable bonds is 9. The van der Waals surface area contributed by atoms with Crippen molar-refractivity contribution in [3.63, 3.8) is 0 Å². The number of aliphatic carboxylic acids is 1. The maximum Gasteiger partial charge on any atom is 0.325 e. The highest BCUT2D eigenvalue weighted by Gasteiger charge is 2.52. The van der Waals surface area contributed by atoms with Crippen molar-refractivity contribution in [1.29, 1.82) is 0 Å². The summed E-state index contributed by atoms with van der Waals surface area (Å²) in [6.45, 7) is 1.57. The first-order chi connectivity index (χ1) is 16.9. The molecule has 0 bridgehead atoms. The van der Waals surface area contributed by atoms with Crippen molar-refractivity contribution in [1.82, 2.24) is 9.21 Å². The molecule has 0 unspecified atom stereocenters. The molecule has 0 aromatic heterocycles. The number of para-hydroxylation sites is 1. The lowest BCUT2D eigenvalue weighted by Crippen LogP contribution is -2.61. The number of likely N-dealkylation sites (tertiary alicyclic amines) is 1. The highest BCUT2D eigenvalue weighted by Crippen LogP contribution is 2.38. The molecule has 0 atom stereocenters. The number of carboxylic acids is 1. The topological polar surface area (TPSA) is 87.2 Å². The van der Waals surface area contributed by atoms with Crippen LogP contribution < -0.4 is 4.74 Å². The van der Waals surface area contributed by atoms with E-state index in [9.17, 15) is 18.3 Å². The van der Waals surface area contributed by atoms with Gasteiger partial charge in [-0.25, -0.2) is 8.42 Å². The highest BCUT2D eigenvalue weighted by atomic mass is 32.2. The quantitative estimate of drug-likeness (QED) is 0.484. The Morgan fingerprint density at radius 3 is 2.03 bits per heavy atom. The molecule has 4 rings (SSSR count). The molecule has 3 aromatic rings. The van der Waals surface area contributed by atoms with E-state index in [0.29, 0.717) is 19.6 Å². The molecule has 0 saturated carbocycles. The number of hydrogen-bond donors (Lipinski definition) is 1. The lowest BCUT2D eigenvalue weighted by Gasteiger charge is -2.45. The zero-order valence-electron chi connectivity index (χ0n) is 19.7. The Balaban J connectivity index is 1.71. The predicted octanol–water partition coefficient (Wildman–Crippen LogP) is 4.01. The number of benzene rings is 3. The first kappa shape index (κ1) is 24.9. The van der Waals surface area contributed by atoms with Crippen LogP contribution in [0.3, 0.4) is 0 Å². The zero-order valence-corrected chi connectivity index (χ0v) is 20.5. The molecule has 3 aromatic carbocycles. The Morgan fingerprint density at radius 2 is 1.46 bits per heavy atom. The van der Waals surface area contributed by atoms with Crippen molar-refractivity contribution in [2.75, 3.05) is 20.2 Å². The van der Waals surface area contributed by atoms with Gasteiger partial charge in [-0.3, -0.25) is 9.69 Å². The summed E-state index contributed by atoms with van der Waals surface area (Å²) < 4.78 is 34.6. The van der Waals surface area contributed by atoms with E-state index in [1.54, 1.807) is 18.2 Å². The molecular formula is C27H30N2O5S. The average Bonchev–Trinajstić information content (AvgIpc) is 2.89. The standard InChI is InChI=1S/C27H30N2O5S/c1-34-24-14-8-9-15-25(24)35(32,33)29(21-23-12-6-3-7-13-23)27(26(30)31)16-18-28(19-17-27)20-22-10-4-2-5-11-22/h2-15H,16-21H2,1H3,(H,30,31). The first-order valence-electron chi connectivity index (χ1n) is 11.6. The maximum absolute atomic E-state index is 14.1. The first-order valence-corrected chi connectivity index (χ1v) is 13.0. The summed E-state index contributed by atoms with van der Waals surface area (Å²) in [7, 11) is -2.80. The fourth-order valence-corrected chi connectivity index (χ4v) is 6.59. The average molecular weight is 495 g/mol. The number of ether oxygens (including phenoxy) is 1. The van der Waals surface area contributed by atoms with Crippen molar-refractivity contribution in [3.05, 3.63) is 96.1 Å². The van der Waals surface area contributed by atoms with Crippen LogP contribution in [0.2, 0.25) is 0 Å². The summed E-state index contributed by atoms with van der Waals surface area (Å²) in [6.07, 6.45) is 0.354.